The van der Waals surface area contributed by atoms with Crippen LogP contribution in [0.1, 0.15) is 20.3 Å². The topological polar surface area (TPSA) is 67.6 Å². The van der Waals surface area contributed by atoms with E-state index in [1.807, 2.05) is 11.9 Å². The molecule has 2 saturated heterocycles. The van der Waals surface area contributed by atoms with Crippen LogP contribution in [-0.2, 0) is 9.53 Å². The normalized spacial score (nSPS) is 31.1. The zero-order chi connectivity index (χ0) is 14.1. The Labute approximate surface area is 115 Å². The second-order valence-electron chi connectivity index (χ2n) is 6.85. The third-order valence-corrected chi connectivity index (χ3v) is 4.57. The molecule has 3 N–H and O–H groups in total. The molecule has 0 radical (unpaired) electrons. The first-order chi connectivity index (χ1) is 8.91. The molecule has 2 aliphatic rings. The fraction of sp³-hybridized carbons (Fsp3) is 0.929. The lowest BCUT2D eigenvalue weighted by Crippen LogP contribution is -2.54. The highest BCUT2D eigenvalue weighted by Crippen LogP contribution is 2.39. The smallest absolute Gasteiger partial charge is 0.232 e. The van der Waals surface area contributed by atoms with Crippen molar-refractivity contribution < 1.29 is 9.53 Å². The standard InChI is InChI=1S/C14H27N3O2/c1-13(2,7-15)9-17(3)12(18)14-8-16-6-11(14)4-5-19-10-14/h11,16H,4-10,15H2,1-3H3/t11-,14+/m1/s1. The fourth-order valence-electron chi connectivity index (χ4n) is 3.31. The average molecular weight is 269 g/mol. The molecule has 0 aromatic carbocycles. The van der Waals surface area contributed by atoms with Gasteiger partial charge in [0.15, 0.2) is 0 Å². The van der Waals surface area contributed by atoms with Gasteiger partial charge in [0.05, 0.1) is 12.0 Å². The minimum atomic E-state index is -0.350. The number of hydrogen-bond acceptors (Lipinski definition) is 4. The molecule has 0 spiro atoms. The molecule has 2 aliphatic heterocycles. The maximum Gasteiger partial charge on any atom is 0.232 e. The second kappa shape index (κ2) is 5.38. The number of hydrogen-bond donors (Lipinski definition) is 2. The molecule has 0 unspecified atom stereocenters. The van der Waals surface area contributed by atoms with Crippen LogP contribution < -0.4 is 11.1 Å². The molecule has 2 atom stereocenters. The molecule has 0 aliphatic carbocycles. The van der Waals surface area contributed by atoms with Crippen molar-refractivity contribution in [2.24, 2.45) is 22.5 Å². The van der Waals surface area contributed by atoms with Gasteiger partial charge in [-0.2, -0.15) is 0 Å². The van der Waals surface area contributed by atoms with Crippen LogP contribution in [0.2, 0.25) is 0 Å². The lowest BCUT2D eigenvalue weighted by molar-refractivity contribution is -0.152. The molecule has 110 valence electrons. The highest BCUT2D eigenvalue weighted by Gasteiger charge is 2.52. The number of amides is 1. The number of ether oxygens (including phenoxy) is 1. The van der Waals surface area contributed by atoms with Crippen LogP contribution in [-0.4, -0.2) is 57.2 Å². The Hall–Kier alpha value is -0.650. The van der Waals surface area contributed by atoms with Gasteiger partial charge in [0, 0.05) is 26.7 Å². The number of fused-ring (bicyclic) bond motifs is 1. The van der Waals surface area contributed by atoms with E-state index in [1.54, 1.807) is 0 Å². The van der Waals surface area contributed by atoms with Gasteiger partial charge in [0.1, 0.15) is 0 Å². The van der Waals surface area contributed by atoms with E-state index in [1.165, 1.54) is 0 Å². The molecule has 2 rings (SSSR count). The first-order valence-corrected chi connectivity index (χ1v) is 7.15. The van der Waals surface area contributed by atoms with E-state index in [-0.39, 0.29) is 16.7 Å². The average Bonchev–Trinajstić information content (AvgIpc) is 2.82. The minimum absolute atomic E-state index is 0.0435. The number of carbonyl (C=O) groups excluding carboxylic acids is 1. The van der Waals surface area contributed by atoms with Crippen LogP contribution in [0.4, 0.5) is 0 Å². The largest absolute Gasteiger partial charge is 0.380 e. The van der Waals surface area contributed by atoms with Gasteiger partial charge in [-0.05, 0) is 30.8 Å². The van der Waals surface area contributed by atoms with Crippen molar-refractivity contribution in [1.82, 2.24) is 10.2 Å². The second-order valence-corrected chi connectivity index (χ2v) is 6.85. The summed E-state index contributed by atoms with van der Waals surface area (Å²) in [5.41, 5.74) is 5.37. The zero-order valence-corrected chi connectivity index (χ0v) is 12.4. The molecule has 2 fully saturated rings. The highest BCUT2D eigenvalue weighted by atomic mass is 16.5. The summed E-state index contributed by atoms with van der Waals surface area (Å²) in [4.78, 5) is 14.7. The molecular formula is C14H27N3O2. The van der Waals surface area contributed by atoms with Gasteiger partial charge in [-0.3, -0.25) is 4.79 Å². The molecular weight excluding hydrogens is 242 g/mol. The van der Waals surface area contributed by atoms with Crippen LogP contribution >= 0.6 is 0 Å². The number of nitrogens with one attached hydrogen (secondary N) is 1. The Morgan fingerprint density at radius 1 is 1.58 bits per heavy atom. The quantitative estimate of drug-likeness (QED) is 0.757. The van der Waals surface area contributed by atoms with Gasteiger partial charge in [0.25, 0.3) is 0 Å². The Bertz CT molecular complexity index is 346. The fourth-order valence-corrected chi connectivity index (χ4v) is 3.31. The SMILES string of the molecule is CN(CC(C)(C)CN)C(=O)[C@]12CNC[C@H]1CCOC2. The van der Waals surface area contributed by atoms with E-state index >= 15 is 0 Å². The first-order valence-electron chi connectivity index (χ1n) is 7.15. The monoisotopic (exact) mass is 269 g/mol. The van der Waals surface area contributed by atoms with Crippen LogP contribution in [0.15, 0.2) is 0 Å². The van der Waals surface area contributed by atoms with E-state index in [0.29, 0.717) is 25.6 Å². The third-order valence-electron chi connectivity index (χ3n) is 4.57. The molecule has 5 nitrogen and oxygen atoms in total. The molecule has 2 heterocycles. The van der Waals surface area contributed by atoms with Crippen molar-refractivity contribution >= 4 is 5.91 Å². The van der Waals surface area contributed by atoms with Crippen LogP contribution in [0.25, 0.3) is 0 Å². The summed E-state index contributed by atoms with van der Waals surface area (Å²) in [6.45, 7) is 8.46. The summed E-state index contributed by atoms with van der Waals surface area (Å²) >= 11 is 0. The summed E-state index contributed by atoms with van der Waals surface area (Å²) in [6.07, 6.45) is 0.979. The summed E-state index contributed by atoms with van der Waals surface area (Å²) < 4.78 is 5.60. The van der Waals surface area contributed by atoms with E-state index in [9.17, 15) is 4.79 Å². The lowest BCUT2D eigenvalue weighted by Gasteiger charge is -2.41. The van der Waals surface area contributed by atoms with Crippen molar-refractivity contribution in [2.75, 3.05) is 46.4 Å². The van der Waals surface area contributed by atoms with Crippen LogP contribution in [0, 0.1) is 16.7 Å². The Morgan fingerprint density at radius 3 is 3.00 bits per heavy atom. The Balaban J connectivity index is 2.09. The molecule has 19 heavy (non-hydrogen) atoms. The van der Waals surface area contributed by atoms with Gasteiger partial charge in [-0.25, -0.2) is 0 Å². The molecule has 1 amide bonds. The number of nitrogens with zero attached hydrogens (tertiary/aromatic N) is 1. The van der Waals surface area contributed by atoms with Crippen molar-refractivity contribution in [3.63, 3.8) is 0 Å². The highest BCUT2D eigenvalue weighted by molar-refractivity contribution is 5.84. The van der Waals surface area contributed by atoms with E-state index in [2.05, 4.69) is 19.2 Å². The number of carbonyl (C=O) groups is 1. The molecule has 5 heteroatoms. The van der Waals surface area contributed by atoms with Gasteiger partial charge >= 0.3 is 0 Å². The van der Waals surface area contributed by atoms with E-state index < -0.39 is 0 Å². The Kier molecular flexibility index (Phi) is 4.18. The molecule has 0 saturated carbocycles. The molecule has 0 aromatic rings. The van der Waals surface area contributed by atoms with Crippen LogP contribution in [0.5, 0.6) is 0 Å². The minimum Gasteiger partial charge on any atom is -0.380 e. The van der Waals surface area contributed by atoms with Gasteiger partial charge in [0.2, 0.25) is 5.91 Å². The summed E-state index contributed by atoms with van der Waals surface area (Å²) in [7, 11) is 1.89. The number of nitrogens with two attached hydrogens (primary N) is 1. The van der Waals surface area contributed by atoms with Crippen molar-refractivity contribution in [3.05, 3.63) is 0 Å². The maximum absolute atomic E-state index is 12.9. The summed E-state index contributed by atoms with van der Waals surface area (Å²) in [6, 6.07) is 0. The molecule has 0 aromatic heterocycles. The van der Waals surface area contributed by atoms with Crippen molar-refractivity contribution in [2.45, 2.75) is 20.3 Å². The van der Waals surface area contributed by atoms with E-state index in [0.717, 1.165) is 26.1 Å². The van der Waals surface area contributed by atoms with Gasteiger partial charge < -0.3 is 20.7 Å². The van der Waals surface area contributed by atoms with Crippen molar-refractivity contribution in [1.29, 1.82) is 0 Å². The zero-order valence-electron chi connectivity index (χ0n) is 12.4. The lowest BCUT2D eigenvalue weighted by atomic mass is 9.74. The Morgan fingerprint density at radius 2 is 2.32 bits per heavy atom. The predicted octanol–water partition coefficient (Wildman–Crippen LogP) is 0.0558. The summed E-state index contributed by atoms with van der Waals surface area (Å²) in [5.74, 6) is 0.626. The van der Waals surface area contributed by atoms with Gasteiger partial charge in [-0.15, -0.1) is 0 Å². The van der Waals surface area contributed by atoms with Crippen molar-refractivity contribution in [3.8, 4) is 0 Å². The third kappa shape index (κ3) is 2.78. The molecule has 0 bridgehead atoms. The maximum atomic E-state index is 12.9. The first kappa shape index (κ1) is 14.8. The van der Waals surface area contributed by atoms with Gasteiger partial charge in [-0.1, -0.05) is 13.8 Å². The van der Waals surface area contributed by atoms with E-state index in [4.69, 9.17) is 10.5 Å². The van der Waals surface area contributed by atoms with Crippen LogP contribution in [0.3, 0.4) is 0 Å². The summed E-state index contributed by atoms with van der Waals surface area (Å²) in [5, 5.41) is 3.37. The predicted molar refractivity (Wildman–Crippen MR) is 74.7 cm³/mol. The number of rotatable bonds is 4.